The van der Waals surface area contributed by atoms with E-state index in [0.717, 1.165) is 18.7 Å². The molecule has 0 aromatic carbocycles. The standard InChI is InChI=1S/C7H14N2/c1-3-6-9-7(2)4-5-8/h4-5H,3,6,8H2,1-2H3. The highest BCUT2D eigenvalue weighted by molar-refractivity contribution is 5.92. The molecule has 0 heterocycles. The summed E-state index contributed by atoms with van der Waals surface area (Å²) >= 11 is 0. The van der Waals surface area contributed by atoms with Gasteiger partial charge in [-0.1, -0.05) is 6.92 Å². The molecule has 0 bridgehead atoms. The van der Waals surface area contributed by atoms with E-state index in [1.165, 1.54) is 6.20 Å². The molecule has 52 valence electrons. The Balaban J connectivity index is 3.55. The monoisotopic (exact) mass is 126 g/mol. The summed E-state index contributed by atoms with van der Waals surface area (Å²) in [6.07, 6.45) is 4.40. The fourth-order valence-electron chi connectivity index (χ4n) is 0.480. The van der Waals surface area contributed by atoms with Gasteiger partial charge in [0.05, 0.1) is 0 Å². The lowest BCUT2D eigenvalue weighted by atomic mass is 10.4. The van der Waals surface area contributed by atoms with Crippen LogP contribution in [0.25, 0.3) is 0 Å². The van der Waals surface area contributed by atoms with E-state index < -0.39 is 0 Å². The topological polar surface area (TPSA) is 38.4 Å². The molecule has 0 saturated carbocycles. The molecular weight excluding hydrogens is 112 g/mol. The van der Waals surface area contributed by atoms with Crippen LogP contribution in [0.5, 0.6) is 0 Å². The van der Waals surface area contributed by atoms with Gasteiger partial charge in [0, 0.05) is 12.3 Å². The molecule has 2 nitrogen and oxygen atoms in total. The molecule has 9 heavy (non-hydrogen) atoms. The van der Waals surface area contributed by atoms with Gasteiger partial charge < -0.3 is 5.73 Å². The van der Waals surface area contributed by atoms with E-state index in [1.807, 2.05) is 6.92 Å². The van der Waals surface area contributed by atoms with Gasteiger partial charge in [-0.2, -0.15) is 0 Å². The number of hydrogen-bond acceptors (Lipinski definition) is 2. The molecule has 0 aliphatic rings. The fraction of sp³-hybridized carbons (Fsp3) is 0.571. The first-order valence-electron chi connectivity index (χ1n) is 3.20. The summed E-state index contributed by atoms with van der Waals surface area (Å²) in [7, 11) is 0. The predicted octanol–water partition coefficient (Wildman–Crippen LogP) is 1.33. The Morgan fingerprint density at radius 3 is 2.78 bits per heavy atom. The van der Waals surface area contributed by atoms with Crippen LogP contribution in [-0.2, 0) is 0 Å². The third kappa shape index (κ3) is 5.07. The number of rotatable bonds is 3. The number of nitrogens with two attached hydrogens (primary N) is 1. The summed E-state index contributed by atoms with van der Waals surface area (Å²) < 4.78 is 0. The summed E-state index contributed by atoms with van der Waals surface area (Å²) in [4.78, 5) is 4.18. The van der Waals surface area contributed by atoms with Crippen molar-refractivity contribution in [1.82, 2.24) is 0 Å². The van der Waals surface area contributed by atoms with Crippen molar-refractivity contribution in [3.8, 4) is 0 Å². The lowest BCUT2D eigenvalue weighted by molar-refractivity contribution is 0.932. The van der Waals surface area contributed by atoms with Gasteiger partial charge in [0.25, 0.3) is 0 Å². The predicted molar refractivity (Wildman–Crippen MR) is 41.6 cm³/mol. The van der Waals surface area contributed by atoms with Crippen molar-refractivity contribution in [3.05, 3.63) is 12.3 Å². The zero-order chi connectivity index (χ0) is 7.11. The lowest BCUT2D eigenvalue weighted by Crippen LogP contribution is -1.89. The summed E-state index contributed by atoms with van der Waals surface area (Å²) in [5.41, 5.74) is 6.14. The Hall–Kier alpha value is -0.790. The van der Waals surface area contributed by atoms with Crippen LogP contribution in [0.4, 0.5) is 0 Å². The average molecular weight is 126 g/mol. The third-order valence-corrected chi connectivity index (χ3v) is 0.922. The maximum atomic E-state index is 5.14. The quantitative estimate of drug-likeness (QED) is 0.569. The van der Waals surface area contributed by atoms with Crippen molar-refractivity contribution >= 4 is 5.71 Å². The molecule has 0 aliphatic heterocycles. The SMILES string of the molecule is CCCN=C(C)C=CN. The minimum absolute atomic E-state index is 0.899. The third-order valence-electron chi connectivity index (χ3n) is 0.922. The Morgan fingerprint density at radius 1 is 1.67 bits per heavy atom. The van der Waals surface area contributed by atoms with E-state index in [0.29, 0.717) is 0 Å². The maximum Gasteiger partial charge on any atom is 0.0389 e. The summed E-state index contributed by atoms with van der Waals surface area (Å²) in [6, 6.07) is 0. The van der Waals surface area contributed by atoms with E-state index in [1.54, 1.807) is 6.08 Å². The van der Waals surface area contributed by atoms with Gasteiger partial charge in [0.1, 0.15) is 0 Å². The number of hydrogen-bond donors (Lipinski definition) is 1. The first-order valence-corrected chi connectivity index (χ1v) is 3.20. The Labute approximate surface area is 56.5 Å². The number of nitrogens with zero attached hydrogens (tertiary/aromatic N) is 1. The molecule has 0 amide bonds. The van der Waals surface area contributed by atoms with Crippen molar-refractivity contribution in [2.45, 2.75) is 20.3 Å². The zero-order valence-corrected chi connectivity index (χ0v) is 6.09. The molecule has 0 rings (SSSR count). The minimum Gasteiger partial charge on any atom is -0.405 e. The average Bonchev–Trinajstić information content (AvgIpc) is 1.85. The molecule has 0 unspecified atom stereocenters. The highest BCUT2D eigenvalue weighted by Gasteiger charge is 1.78. The lowest BCUT2D eigenvalue weighted by Gasteiger charge is -1.88. The molecule has 0 fully saturated rings. The molecule has 0 aromatic heterocycles. The van der Waals surface area contributed by atoms with E-state index in [4.69, 9.17) is 5.73 Å². The number of aliphatic imine (C=N–C) groups is 1. The van der Waals surface area contributed by atoms with Crippen molar-refractivity contribution in [2.24, 2.45) is 10.7 Å². The van der Waals surface area contributed by atoms with Crippen LogP contribution in [0.3, 0.4) is 0 Å². The van der Waals surface area contributed by atoms with Gasteiger partial charge in [0.2, 0.25) is 0 Å². The van der Waals surface area contributed by atoms with Gasteiger partial charge in [-0.3, -0.25) is 4.99 Å². The largest absolute Gasteiger partial charge is 0.405 e. The molecule has 0 saturated heterocycles. The van der Waals surface area contributed by atoms with E-state index >= 15 is 0 Å². The van der Waals surface area contributed by atoms with Crippen LogP contribution in [0.2, 0.25) is 0 Å². The second kappa shape index (κ2) is 5.35. The minimum atomic E-state index is 0.899. The normalized spacial score (nSPS) is 12.9. The Morgan fingerprint density at radius 2 is 2.33 bits per heavy atom. The van der Waals surface area contributed by atoms with E-state index in [-0.39, 0.29) is 0 Å². The molecule has 0 atom stereocenters. The van der Waals surface area contributed by atoms with Crippen molar-refractivity contribution in [2.75, 3.05) is 6.54 Å². The van der Waals surface area contributed by atoms with Gasteiger partial charge >= 0.3 is 0 Å². The van der Waals surface area contributed by atoms with E-state index in [9.17, 15) is 0 Å². The zero-order valence-electron chi connectivity index (χ0n) is 6.09. The van der Waals surface area contributed by atoms with Crippen molar-refractivity contribution in [3.63, 3.8) is 0 Å². The molecule has 0 aromatic rings. The fourth-order valence-corrected chi connectivity index (χ4v) is 0.480. The van der Waals surface area contributed by atoms with Gasteiger partial charge in [-0.15, -0.1) is 0 Å². The van der Waals surface area contributed by atoms with Gasteiger partial charge in [-0.05, 0) is 25.6 Å². The van der Waals surface area contributed by atoms with E-state index in [2.05, 4.69) is 11.9 Å². The van der Waals surface area contributed by atoms with Gasteiger partial charge in [-0.25, -0.2) is 0 Å². The highest BCUT2D eigenvalue weighted by atomic mass is 14.7. The summed E-state index contributed by atoms with van der Waals surface area (Å²) in [6.45, 7) is 4.94. The van der Waals surface area contributed by atoms with Crippen LogP contribution in [0.1, 0.15) is 20.3 Å². The molecule has 2 heteroatoms. The smallest absolute Gasteiger partial charge is 0.0389 e. The Bertz CT molecular complexity index is 114. The molecule has 0 spiro atoms. The Kier molecular flexibility index (Phi) is 4.88. The van der Waals surface area contributed by atoms with Crippen LogP contribution in [0.15, 0.2) is 17.3 Å². The molecule has 2 N–H and O–H groups in total. The molecular formula is C7H14N2. The van der Waals surface area contributed by atoms with Crippen LogP contribution >= 0.6 is 0 Å². The van der Waals surface area contributed by atoms with Crippen LogP contribution in [0, 0.1) is 0 Å². The molecule has 0 aliphatic carbocycles. The van der Waals surface area contributed by atoms with Crippen molar-refractivity contribution in [1.29, 1.82) is 0 Å². The second-order valence-corrected chi connectivity index (χ2v) is 1.88. The highest BCUT2D eigenvalue weighted by Crippen LogP contribution is 1.82. The van der Waals surface area contributed by atoms with Crippen molar-refractivity contribution < 1.29 is 0 Å². The first-order chi connectivity index (χ1) is 4.31. The summed E-state index contributed by atoms with van der Waals surface area (Å²) in [5.74, 6) is 0. The first kappa shape index (κ1) is 8.21. The number of allylic oxidation sites excluding steroid dienone is 1. The van der Waals surface area contributed by atoms with Gasteiger partial charge in [0.15, 0.2) is 0 Å². The maximum absolute atomic E-state index is 5.14. The van der Waals surface area contributed by atoms with Crippen LogP contribution in [-0.4, -0.2) is 12.3 Å². The molecule has 0 radical (unpaired) electrons. The summed E-state index contributed by atoms with van der Waals surface area (Å²) in [5, 5.41) is 0. The second-order valence-electron chi connectivity index (χ2n) is 1.88. The van der Waals surface area contributed by atoms with Crippen LogP contribution < -0.4 is 5.73 Å².